The van der Waals surface area contributed by atoms with Crippen molar-refractivity contribution in [2.75, 3.05) is 6.61 Å². The summed E-state index contributed by atoms with van der Waals surface area (Å²) in [6, 6.07) is 7.38. The van der Waals surface area contributed by atoms with E-state index in [0.29, 0.717) is 17.5 Å². The maximum absolute atomic E-state index is 12.5. The first-order valence-corrected chi connectivity index (χ1v) is 11.9. The van der Waals surface area contributed by atoms with Gasteiger partial charge in [-0.05, 0) is 62.6 Å². The lowest BCUT2D eigenvalue weighted by molar-refractivity contribution is -0.0201. The van der Waals surface area contributed by atoms with Crippen LogP contribution in [0.2, 0.25) is 0 Å². The molecule has 1 fully saturated rings. The van der Waals surface area contributed by atoms with E-state index in [9.17, 15) is 4.79 Å². The van der Waals surface area contributed by atoms with E-state index >= 15 is 0 Å². The summed E-state index contributed by atoms with van der Waals surface area (Å²) in [6.45, 7) is 5.21. The molecule has 168 valence electrons. The second-order valence-electron chi connectivity index (χ2n) is 8.48. The molecule has 1 aliphatic carbocycles. The lowest BCUT2D eigenvalue weighted by Crippen LogP contribution is -2.28. The fraction of sp³-hybridized carbons (Fsp3) is 0.577. The minimum Gasteiger partial charge on any atom is -0.459 e. The maximum Gasteiger partial charge on any atom is 0.338 e. The van der Waals surface area contributed by atoms with Gasteiger partial charge in [0.2, 0.25) is 0 Å². The molecule has 0 bridgehead atoms. The number of unbranched alkanes of at least 4 members (excludes halogenated alkanes) is 3. The first-order valence-electron chi connectivity index (χ1n) is 11.9. The molecule has 3 rings (SSSR count). The number of hydrogen-bond donors (Lipinski definition) is 0. The molecule has 1 heterocycles. The van der Waals surface area contributed by atoms with Crippen LogP contribution in [0.3, 0.4) is 0 Å². The third kappa shape index (κ3) is 7.42. The molecule has 0 N–H and O–H groups in total. The fourth-order valence-electron chi connectivity index (χ4n) is 3.90. The lowest BCUT2D eigenvalue weighted by atomic mass is 9.95. The van der Waals surface area contributed by atoms with Gasteiger partial charge in [-0.1, -0.05) is 45.2 Å². The lowest BCUT2D eigenvalue weighted by Gasteiger charge is -2.28. The van der Waals surface area contributed by atoms with Gasteiger partial charge in [-0.2, -0.15) is 0 Å². The van der Waals surface area contributed by atoms with Crippen molar-refractivity contribution in [1.82, 2.24) is 9.97 Å². The Morgan fingerprint density at radius 1 is 0.903 bits per heavy atom. The van der Waals surface area contributed by atoms with Gasteiger partial charge in [0.15, 0.2) is 5.82 Å². The second-order valence-corrected chi connectivity index (χ2v) is 8.48. The summed E-state index contributed by atoms with van der Waals surface area (Å²) in [5, 5.41) is 0. The molecule has 1 aromatic heterocycles. The van der Waals surface area contributed by atoms with Gasteiger partial charge in [-0.25, -0.2) is 14.8 Å². The molecule has 0 saturated heterocycles. The van der Waals surface area contributed by atoms with E-state index in [0.717, 1.165) is 57.1 Å². The number of aromatic nitrogens is 2. The van der Waals surface area contributed by atoms with Crippen molar-refractivity contribution in [3.05, 3.63) is 47.8 Å². The Balaban J connectivity index is 1.47. The standard InChI is InChI=1S/C26H36N2O3/c1-3-5-7-8-20-18-27-25(28-19-20)21-9-11-22(12-10-21)26(29)31-24-15-13-23(14-16-24)30-17-6-4-2/h9-12,18-19,23-24H,3-8,13-17H2,1-2H3. The molecule has 0 aliphatic heterocycles. The van der Waals surface area contributed by atoms with Gasteiger partial charge in [0, 0.05) is 24.6 Å². The molecular weight excluding hydrogens is 388 g/mol. The zero-order valence-corrected chi connectivity index (χ0v) is 19.0. The number of esters is 1. The molecule has 1 aliphatic rings. The highest BCUT2D eigenvalue weighted by Crippen LogP contribution is 2.25. The van der Waals surface area contributed by atoms with Gasteiger partial charge < -0.3 is 9.47 Å². The Morgan fingerprint density at radius 2 is 1.55 bits per heavy atom. The molecule has 1 saturated carbocycles. The van der Waals surface area contributed by atoms with Crippen molar-refractivity contribution in [2.24, 2.45) is 0 Å². The quantitative estimate of drug-likeness (QED) is 0.319. The Labute approximate surface area is 186 Å². The third-order valence-electron chi connectivity index (χ3n) is 5.90. The van der Waals surface area contributed by atoms with Crippen LogP contribution in [0.5, 0.6) is 0 Å². The Morgan fingerprint density at radius 3 is 2.19 bits per heavy atom. The van der Waals surface area contributed by atoms with E-state index in [2.05, 4.69) is 23.8 Å². The molecule has 0 unspecified atom stereocenters. The van der Waals surface area contributed by atoms with Crippen molar-refractivity contribution in [3.63, 3.8) is 0 Å². The average Bonchev–Trinajstić information content (AvgIpc) is 2.81. The van der Waals surface area contributed by atoms with Crippen LogP contribution in [-0.2, 0) is 15.9 Å². The first-order chi connectivity index (χ1) is 15.2. The zero-order chi connectivity index (χ0) is 21.9. The smallest absolute Gasteiger partial charge is 0.338 e. The third-order valence-corrected chi connectivity index (χ3v) is 5.90. The van der Waals surface area contributed by atoms with Crippen LogP contribution in [0, 0.1) is 0 Å². The molecule has 0 radical (unpaired) electrons. The molecule has 0 atom stereocenters. The number of ether oxygens (including phenoxy) is 2. The highest BCUT2D eigenvalue weighted by atomic mass is 16.5. The van der Waals surface area contributed by atoms with Crippen LogP contribution < -0.4 is 0 Å². The molecule has 0 amide bonds. The van der Waals surface area contributed by atoms with E-state index in [4.69, 9.17) is 9.47 Å². The van der Waals surface area contributed by atoms with Gasteiger partial charge in [0.25, 0.3) is 0 Å². The molecule has 31 heavy (non-hydrogen) atoms. The Bertz CT molecular complexity index is 781. The van der Waals surface area contributed by atoms with Gasteiger partial charge in [0.05, 0.1) is 11.7 Å². The number of aryl methyl sites for hydroxylation is 1. The van der Waals surface area contributed by atoms with Crippen LogP contribution in [0.1, 0.15) is 87.6 Å². The van der Waals surface area contributed by atoms with E-state index in [1.165, 1.54) is 24.8 Å². The van der Waals surface area contributed by atoms with Crippen LogP contribution in [0.4, 0.5) is 0 Å². The minimum atomic E-state index is -0.255. The predicted molar refractivity (Wildman–Crippen MR) is 123 cm³/mol. The van der Waals surface area contributed by atoms with E-state index in [-0.39, 0.29) is 12.1 Å². The van der Waals surface area contributed by atoms with E-state index < -0.39 is 0 Å². The van der Waals surface area contributed by atoms with Crippen LogP contribution in [0.15, 0.2) is 36.7 Å². The summed E-state index contributed by atoms with van der Waals surface area (Å²) in [5.74, 6) is 0.426. The summed E-state index contributed by atoms with van der Waals surface area (Å²) in [6.07, 6.45) is 14.7. The monoisotopic (exact) mass is 424 g/mol. The number of carbonyl (C=O) groups excluding carboxylic acids is 1. The van der Waals surface area contributed by atoms with Gasteiger partial charge in [0.1, 0.15) is 6.10 Å². The number of benzene rings is 1. The van der Waals surface area contributed by atoms with Crippen LogP contribution in [-0.4, -0.2) is 34.8 Å². The predicted octanol–water partition coefficient (Wildman–Crippen LogP) is 6.16. The largest absolute Gasteiger partial charge is 0.459 e. The van der Waals surface area contributed by atoms with Crippen LogP contribution in [0.25, 0.3) is 11.4 Å². The summed E-state index contributed by atoms with van der Waals surface area (Å²) in [4.78, 5) is 21.5. The van der Waals surface area contributed by atoms with Crippen molar-refractivity contribution < 1.29 is 14.3 Å². The van der Waals surface area contributed by atoms with Crippen molar-refractivity contribution in [3.8, 4) is 11.4 Å². The molecule has 5 heteroatoms. The molecule has 0 spiro atoms. The molecule has 2 aromatic rings. The molecule has 5 nitrogen and oxygen atoms in total. The van der Waals surface area contributed by atoms with Crippen molar-refractivity contribution >= 4 is 5.97 Å². The fourth-order valence-corrected chi connectivity index (χ4v) is 3.90. The minimum absolute atomic E-state index is 0.0122. The molecule has 1 aromatic carbocycles. The average molecular weight is 425 g/mol. The second kappa shape index (κ2) is 12.6. The SMILES string of the molecule is CCCCCc1cnc(-c2ccc(C(=O)OC3CCC(OCCCC)CC3)cc2)nc1. The number of nitrogens with zero attached hydrogens (tertiary/aromatic N) is 2. The zero-order valence-electron chi connectivity index (χ0n) is 19.0. The summed E-state index contributed by atoms with van der Waals surface area (Å²) < 4.78 is 11.6. The highest BCUT2D eigenvalue weighted by Gasteiger charge is 2.24. The number of hydrogen-bond acceptors (Lipinski definition) is 5. The van der Waals surface area contributed by atoms with Gasteiger partial charge in [-0.15, -0.1) is 0 Å². The summed E-state index contributed by atoms with van der Waals surface area (Å²) in [5.41, 5.74) is 2.64. The van der Waals surface area contributed by atoms with Crippen molar-refractivity contribution in [2.45, 2.75) is 90.3 Å². The van der Waals surface area contributed by atoms with E-state index in [1.54, 1.807) is 12.1 Å². The Hall–Kier alpha value is -2.27. The topological polar surface area (TPSA) is 61.3 Å². The van der Waals surface area contributed by atoms with E-state index in [1.807, 2.05) is 24.5 Å². The summed E-state index contributed by atoms with van der Waals surface area (Å²) in [7, 11) is 0. The summed E-state index contributed by atoms with van der Waals surface area (Å²) >= 11 is 0. The number of carbonyl (C=O) groups is 1. The van der Waals surface area contributed by atoms with Crippen LogP contribution >= 0.6 is 0 Å². The maximum atomic E-state index is 12.5. The normalized spacial score (nSPS) is 18.6. The van der Waals surface area contributed by atoms with Gasteiger partial charge >= 0.3 is 5.97 Å². The highest BCUT2D eigenvalue weighted by molar-refractivity contribution is 5.90. The Kier molecular flexibility index (Phi) is 9.47. The number of rotatable bonds is 11. The molecular formula is C26H36N2O3. The first kappa shape index (κ1) is 23.4. The van der Waals surface area contributed by atoms with Crippen molar-refractivity contribution in [1.29, 1.82) is 0 Å². The van der Waals surface area contributed by atoms with Gasteiger partial charge in [-0.3, -0.25) is 0 Å².